The number of hydrogen-bond acceptors (Lipinski definition) is 4. The molecule has 2 N–H and O–H groups in total. The van der Waals surface area contributed by atoms with Gasteiger partial charge in [0.2, 0.25) is 5.91 Å². The molecule has 1 amide bonds. The summed E-state index contributed by atoms with van der Waals surface area (Å²) in [6.07, 6.45) is 5.24. The van der Waals surface area contributed by atoms with Gasteiger partial charge in [0.15, 0.2) is 0 Å². The monoisotopic (exact) mass is 328 g/mol. The molecule has 1 aromatic carbocycles. The molecule has 0 saturated carbocycles. The first-order chi connectivity index (χ1) is 11.6. The summed E-state index contributed by atoms with van der Waals surface area (Å²) < 4.78 is 7.30. The van der Waals surface area contributed by atoms with Crippen molar-refractivity contribution in [3.63, 3.8) is 0 Å². The molecule has 0 aliphatic carbocycles. The molecule has 0 bridgehead atoms. The van der Waals surface area contributed by atoms with Crippen LogP contribution in [0, 0.1) is 5.41 Å². The second-order valence-corrected chi connectivity index (χ2v) is 6.36. The standard InChI is InChI=1S/C18H24N4O2/c1-22-11-10-20-16(22)14-4-3-5-15(12-14)21-17(23)18(13-24-2)6-8-19-9-7-18/h3-5,10-12,19H,6-9,13H2,1-2H3,(H,21,23). The number of methoxy groups -OCH3 is 1. The maximum Gasteiger partial charge on any atom is 0.233 e. The zero-order valence-electron chi connectivity index (χ0n) is 14.2. The highest BCUT2D eigenvalue weighted by Crippen LogP contribution is 2.31. The van der Waals surface area contributed by atoms with Crippen LogP contribution in [0.3, 0.4) is 0 Å². The Labute approximate surface area is 142 Å². The molecule has 1 fully saturated rings. The molecular weight excluding hydrogens is 304 g/mol. The van der Waals surface area contributed by atoms with Crippen molar-refractivity contribution in [2.24, 2.45) is 12.5 Å². The lowest BCUT2D eigenvalue weighted by atomic mass is 9.78. The van der Waals surface area contributed by atoms with Crippen LogP contribution in [0.4, 0.5) is 5.69 Å². The zero-order valence-corrected chi connectivity index (χ0v) is 14.2. The number of amides is 1. The summed E-state index contributed by atoms with van der Waals surface area (Å²) in [5, 5.41) is 6.38. The first-order valence-corrected chi connectivity index (χ1v) is 8.23. The molecule has 0 atom stereocenters. The van der Waals surface area contributed by atoms with Crippen molar-refractivity contribution >= 4 is 11.6 Å². The molecule has 1 aliphatic heterocycles. The minimum atomic E-state index is -0.459. The van der Waals surface area contributed by atoms with Crippen LogP contribution in [0.2, 0.25) is 0 Å². The van der Waals surface area contributed by atoms with Crippen LogP contribution in [0.25, 0.3) is 11.4 Å². The molecule has 6 heteroatoms. The van der Waals surface area contributed by atoms with E-state index in [1.54, 1.807) is 13.3 Å². The number of piperidine rings is 1. The van der Waals surface area contributed by atoms with E-state index < -0.39 is 5.41 Å². The lowest BCUT2D eigenvalue weighted by Crippen LogP contribution is -2.47. The third-order valence-corrected chi connectivity index (χ3v) is 4.66. The molecule has 2 heterocycles. The number of carbonyl (C=O) groups is 1. The summed E-state index contributed by atoms with van der Waals surface area (Å²) in [5.41, 5.74) is 1.31. The number of aromatic nitrogens is 2. The van der Waals surface area contributed by atoms with Gasteiger partial charge in [0.1, 0.15) is 5.82 Å². The third-order valence-electron chi connectivity index (χ3n) is 4.66. The maximum absolute atomic E-state index is 12.9. The van der Waals surface area contributed by atoms with E-state index >= 15 is 0 Å². The Bertz CT molecular complexity index is 699. The lowest BCUT2D eigenvalue weighted by Gasteiger charge is -2.35. The molecule has 1 aromatic heterocycles. The fourth-order valence-electron chi connectivity index (χ4n) is 3.26. The van der Waals surface area contributed by atoms with Crippen LogP contribution >= 0.6 is 0 Å². The summed E-state index contributed by atoms with van der Waals surface area (Å²) in [4.78, 5) is 17.3. The molecule has 1 saturated heterocycles. The third kappa shape index (κ3) is 3.34. The minimum Gasteiger partial charge on any atom is -0.384 e. The molecule has 6 nitrogen and oxygen atoms in total. The number of imidazole rings is 1. The highest BCUT2D eigenvalue weighted by atomic mass is 16.5. The summed E-state index contributed by atoms with van der Waals surface area (Å²) in [6, 6.07) is 7.80. The van der Waals surface area contributed by atoms with Gasteiger partial charge in [-0.05, 0) is 38.1 Å². The van der Waals surface area contributed by atoms with Gasteiger partial charge in [-0.1, -0.05) is 12.1 Å². The summed E-state index contributed by atoms with van der Waals surface area (Å²) >= 11 is 0. The van der Waals surface area contributed by atoms with Crippen LogP contribution in [0.15, 0.2) is 36.7 Å². The van der Waals surface area contributed by atoms with Crippen LogP contribution in [-0.2, 0) is 16.6 Å². The van der Waals surface area contributed by atoms with Gasteiger partial charge in [0, 0.05) is 37.8 Å². The molecule has 128 valence electrons. The average molecular weight is 328 g/mol. The van der Waals surface area contributed by atoms with Gasteiger partial charge in [-0.3, -0.25) is 4.79 Å². The molecule has 0 unspecified atom stereocenters. The van der Waals surface area contributed by atoms with Gasteiger partial charge < -0.3 is 19.9 Å². The second kappa shape index (κ2) is 7.15. The van der Waals surface area contributed by atoms with Crippen molar-refractivity contribution in [1.29, 1.82) is 0 Å². The minimum absolute atomic E-state index is 0.0304. The van der Waals surface area contributed by atoms with Gasteiger partial charge in [-0.15, -0.1) is 0 Å². The first kappa shape index (κ1) is 16.7. The predicted octanol–water partition coefficient (Wildman–Crippen LogP) is 2.04. The Morgan fingerprint density at radius 3 is 2.88 bits per heavy atom. The van der Waals surface area contributed by atoms with Gasteiger partial charge in [0.05, 0.1) is 12.0 Å². The smallest absolute Gasteiger partial charge is 0.233 e. The number of hydrogen-bond donors (Lipinski definition) is 2. The van der Waals surface area contributed by atoms with E-state index in [0.29, 0.717) is 6.61 Å². The number of nitrogens with one attached hydrogen (secondary N) is 2. The van der Waals surface area contributed by atoms with E-state index in [1.165, 1.54) is 0 Å². The normalized spacial score (nSPS) is 16.8. The quantitative estimate of drug-likeness (QED) is 0.881. The van der Waals surface area contributed by atoms with Gasteiger partial charge >= 0.3 is 0 Å². The molecule has 1 aliphatic rings. The van der Waals surface area contributed by atoms with Crippen LogP contribution in [-0.4, -0.2) is 42.3 Å². The van der Waals surface area contributed by atoms with Crippen molar-refractivity contribution in [2.75, 3.05) is 32.1 Å². The lowest BCUT2D eigenvalue weighted by molar-refractivity contribution is -0.130. The summed E-state index contributed by atoms with van der Waals surface area (Å²) in [5.74, 6) is 0.905. The number of aryl methyl sites for hydroxylation is 1. The average Bonchev–Trinajstić information content (AvgIpc) is 3.02. The van der Waals surface area contributed by atoms with Gasteiger partial charge in [0.25, 0.3) is 0 Å². The molecule has 24 heavy (non-hydrogen) atoms. The number of nitrogens with zero attached hydrogens (tertiary/aromatic N) is 2. The molecular formula is C18H24N4O2. The number of rotatable bonds is 5. The largest absolute Gasteiger partial charge is 0.384 e. The van der Waals surface area contributed by atoms with E-state index in [0.717, 1.165) is 43.0 Å². The van der Waals surface area contributed by atoms with Crippen molar-refractivity contribution in [1.82, 2.24) is 14.9 Å². The maximum atomic E-state index is 12.9. The molecule has 0 spiro atoms. The molecule has 2 aromatic rings. The Kier molecular flexibility index (Phi) is 4.97. The van der Waals surface area contributed by atoms with Gasteiger partial charge in [-0.2, -0.15) is 0 Å². The molecule has 3 rings (SSSR count). The molecule has 0 radical (unpaired) electrons. The fourth-order valence-corrected chi connectivity index (χ4v) is 3.26. The topological polar surface area (TPSA) is 68.2 Å². The van der Waals surface area contributed by atoms with Crippen LogP contribution in [0.1, 0.15) is 12.8 Å². The van der Waals surface area contributed by atoms with Crippen molar-refractivity contribution < 1.29 is 9.53 Å². The Morgan fingerprint density at radius 2 is 2.21 bits per heavy atom. The summed E-state index contributed by atoms with van der Waals surface area (Å²) in [6.45, 7) is 2.12. The fraction of sp³-hybridized carbons (Fsp3) is 0.444. The van der Waals surface area contributed by atoms with Crippen LogP contribution < -0.4 is 10.6 Å². The number of benzene rings is 1. The SMILES string of the molecule is COCC1(C(=O)Nc2cccc(-c3nccn3C)c2)CCNCC1. The Balaban J connectivity index is 1.80. The van der Waals surface area contributed by atoms with Crippen LogP contribution in [0.5, 0.6) is 0 Å². The van der Waals surface area contributed by atoms with Gasteiger partial charge in [-0.25, -0.2) is 4.98 Å². The second-order valence-electron chi connectivity index (χ2n) is 6.36. The number of carbonyl (C=O) groups excluding carboxylic acids is 1. The Hall–Kier alpha value is -2.18. The summed E-state index contributed by atoms with van der Waals surface area (Å²) in [7, 11) is 3.61. The highest BCUT2D eigenvalue weighted by molar-refractivity contribution is 5.96. The number of anilines is 1. The van der Waals surface area contributed by atoms with E-state index in [9.17, 15) is 4.79 Å². The number of ether oxygens (including phenoxy) is 1. The van der Waals surface area contributed by atoms with Crippen molar-refractivity contribution in [3.05, 3.63) is 36.7 Å². The predicted molar refractivity (Wildman–Crippen MR) is 93.7 cm³/mol. The van der Waals surface area contributed by atoms with E-state index in [-0.39, 0.29) is 5.91 Å². The van der Waals surface area contributed by atoms with E-state index in [1.807, 2.05) is 42.1 Å². The van der Waals surface area contributed by atoms with E-state index in [2.05, 4.69) is 15.6 Å². The zero-order chi connectivity index (χ0) is 17.0. The Morgan fingerprint density at radius 1 is 1.42 bits per heavy atom. The van der Waals surface area contributed by atoms with Crippen molar-refractivity contribution in [3.8, 4) is 11.4 Å². The van der Waals surface area contributed by atoms with Crippen molar-refractivity contribution in [2.45, 2.75) is 12.8 Å². The highest BCUT2D eigenvalue weighted by Gasteiger charge is 2.39. The van der Waals surface area contributed by atoms with E-state index in [4.69, 9.17) is 4.74 Å². The first-order valence-electron chi connectivity index (χ1n) is 8.23.